The zero-order chi connectivity index (χ0) is 26.9. The van der Waals surface area contributed by atoms with Gasteiger partial charge >= 0.3 is 0 Å². The van der Waals surface area contributed by atoms with Crippen molar-refractivity contribution in [3.05, 3.63) is 108 Å². The number of hydrogen-bond acceptors (Lipinski definition) is 7. The van der Waals surface area contributed by atoms with Crippen LogP contribution in [0.25, 0.3) is 0 Å². The number of benzene rings is 3. The summed E-state index contributed by atoms with van der Waals surface area (Å²) >= 11 is 0. The summed E-state index contributed by atoms with van der Waals surface area (Å²) in [5.41, 5.74) is 1.95. The van der Waals surface area contributed by atoms with Gasteiger partial charge in [0.15, 0.2) is 11.5 Å². The van der Waals surface area contributed by atoms with Crippen LogP contribution in [0.3, 0.4) is 0 Å². The van der Waals surface area contributed by atoms with E-state index in [1.165, 1.54) is 44.8 Å². The smallest absolute Gasteiger partial charge is 0.279 e. The molecule has 38 heavy (non-hydrogen) atoms. The second-order valence-corrected chi connectivity index (χ2v) is 8.17. The molecule has 4 rings (SSSR count). The fourth-order valence-corrected chi connectivity index (χ4v) is 4.06. The van der Waals surface area contributed by atoms with Gasteiger partial charge in [-0.2, -0.15) is 0 Å². The van der Waals surface area contributed by atoms with Gasteiger partial charge in [-0.1, -0.05) is 48.5 Å². The second kappa shape index (κ2) is 12.4. The van der Waals surface area contributed by atoms with Crippen molar-refractivity contribution in [3.8, 4) is 17.2 Å². The first kappa shape index (κ1) is 26.2. The lowest BCUT2D eigenvalue weighted by Gasteiger charge is -2.32. The Bertz CT molecular complexity index is 1340. The minimum atomic E-state index is -1.12. The van der Waals surface area contributed by atoms with Crippen LogP contribution >= 0.6 is 0 Å². The highest BCUT2D eigenvalue weighted by Gasteiger charge is 2.35. The van der Waals surface area contributed by atoms with Gasteiger partial charge in [0.2, 0.25) is 11.7 Å². The van der Waals surface area contributed by atoms with Gasteiger partial charge in [-0.3, -0.25) is 19.5 Å². The summed E-state index contributed by atoms with van der Waals surface area (Å²) in [4.78, 5) is 37.5. The van der Waals surface area contributed by atoms with Gasteiger partial charge in [0.1, 0.15) is 11.7 Å². The minimum Gasteiger partial charge on any atom is -0.493 e. The summed E-state index contributed by atoms with van der Waals surface area (Å²) in [6.45, 7) is 0.266. The minimum absolute atomic E-state index is 0.0876. The molecule has 0 unspecified atom stereocenters. The molecule has 3 aromatic carbocycles. The van der Waals surface area contributed by atoms with Gasteiger partial charge in [-0.05, 0) is 35.4 Å². The molecule has 9 heteroatoms. The number of methoxy groups -OCH3 is 3. The number of hydrogen-bond donors (Lipinski definition) is 1. The van der Waals surface area contributed by atoms with E-state index in [9.17, 15) is 9.59 Å². The first-order valence-electron chi connectivity index (χ1n) is 11.8. The fourth-order valence-electron chi connectivity index (χ4n) is 4.06. The molecule has 9 nitrogen and oxygen atoms in total. The van der Waals surface area contributed by atoms with E-state index in [0.29, 0.717) is 28.5 Å². The van der Waals surface area contributed by atoms with Crippen molar-refractivity contribution in [1.82, 2.24) is 15.3 Å². The molecule has 0 aliphatic heterocycles. The van der Waals surface area contributed by atoms with Crippen LogP contribution in [-0.4, -0.2) is 43.1 Å². The Labute approximate surface area is 221 Å². The Balaban J connectivity index is 1.87. The fraction of sp³-hybridized carbons (Fsp3) is 0.172. The third-order valence-electron chi connectivity index (χ3n) is 5.85. The number of amides is 2. The highest BCUT2D eigenvalue weighted by atomic mass is 16.5. The van der Waals surface area contributed by atoms with E-state index in [1.54, 1.807) is 36.4 Å². The molecule has 0 saturated carbocycles. The third kappa shape index (κ3) is 5.73. The zero-order valence-corrected chi connectivity index (χ0v) is 21.3. The van der Waals surface area contributed by atoms with Crippen LogP contribution in [0.5, 0.6) is 17.2 Å². The molecule has 4 aromatic rings. The molecule has 1 atom stereocenters. The van der Waals surface area contributed by atoms with E-state index in [4.69, 9.17) is 14.2 Å². The maximum Gasteiger partial charge on any atom is 0.279 e. The summed E-state index contributed by atoms with van der Waals surface area (Å²) in [5.74, 6) is 0.154. The van der Waals surface area contributed by atoms with Crippen molar-refractivity contribution >= 4 is 17.5 Å². The highest BCUT2D eigenvalue weighted by Crippen LogP contribution is 2.41. The molecule has 1 N–H and O–H groups in total. The monoisotopic (exact) mass is 512 g/mol. The van der Waals surface area contributed by atoms with Crippen molar-refractivity contribution in [2.75, 3.05) is 26.2 Å². The van der Waals surface area contributed by atoms with Crippen LogP contribution in [-0.2, 0) is 11.3 Å². The number of anilines is 1. The molecule has 0 radical (unpaired) electrons. The van der Waals surface area contributed by atoms with Crippen molar-refractivity contribution in [2.45, 2.75) is 12.6 Å². The maximum atomic E-state index is 14.0. The number of rotatable bonds is 10. The quantitative estimate of drug-likeness (QED) is 0.340. The number of aromatic nitrogens is 2. The second-order valence-electron chi connectivity index (χ2n) is 8.17. The Morgan fingerprint density at radius 1 is 0.868 bits per heavy atom. The summed E-state index contributed by atoms with van der Waals surface area (Å²) in [6, 6.07) is 20.6. The average Bonchev–Trinajstić information content (AvgIpc) is 2.98. The summed E-state index contributed by atoms with van der Waals surface area (Å²) in [7, 11) is 4.48. The topological polar surface area (TPSA) is 103 Å². The zero-order valence-electron chi connectivity index (χ0n) is 21.3. The van der Waals surface area contributed by atoms with Crippen LogP contribution < -0.4 is 24.4 Å². The average molecular weight is 513 g/mol. The number of nitrogens with one attached hydrogen (secondary N) is 1. The van der Waals surface area contributed by atoms with E-state index in [-0.39, 0.29) is 12.2 Å². The molecule has 1 heterocycles. The molecule has 194 valence electrons. The Morgan fingerprint density at radius 2 is 1.50 bits per heavy atom. The van der Waals surface area contributed by atoms with Crippen LogP contribution in [0.1, 0.15) is 27.7 Å². The van der Waals surface area contributed by atoms with Gasteiger partial charge in [-0.25, -0.2) is 4.98 Å². The number of nitrogens with zero attached hydrogens (tertiary/aromatic N) is 3. The number of ether oxygens (including phenoxy) is 3. The van der Waals surface area contributed by atoms with Crippen LogP contribution in [0.4, 0.5) is 5.69 Å². The lowest BCUT2D eigenvalue weighted by molar-refractivity contribution is -0.122. The standard InChI is InChI=1S/C29H28N4O5/c1-36-24-16-21(17-25(37-2)27(24)38-3)26(28(34)32-18-20-10-6-4-7-11-20)33(22-12-8-5-9-13-22)29(35)23-19-30-14-15-31-23/h4-17,19,26H,18H2,1-3H3,(H,32,34)/t26-/m1/s1. The van der Waals surface area contributed by atoms with E-state index in [1.807, 2.05) is 36.4 Å². The normalized spacial score (nSPS) is 11.2. The first-order chi connectivity index (χ1) is 18.6. The number of para-hydroxylation sites is 1. The SMILES string of the molecule is COc1cc([C@H](C(=O)NCc2ccccc2)N(C(=O)c2cnccn2)c2ccccc2)cc(OC)c1OC. The molecular weight excluding hydrogens is 484 g/mol. The molecule has 0 saturated heterocycles. The summed E-state index contributed by atoms with van der Waals surface area (Å²) in [5, 5.41) is 2.98. The van der Waals surface area contributed by atoms with Crippen molar-refractivity contribution in [1.29, 1.82) is 0 Å². The Hall–Kier alpha value is -4.92. The van der Waals surface area contributed by atoms with E-state index in [0.717, 1.165) is 5.56 Å². The molecule has 0 aliphatic rings. The summed E-state index contributed by atoms with van der Waals surface area (Å²) in [6.07, 6.45) is 4.28. The van der Waals surface area contributed by atoms with Crippen LogP contribution in [0, 0.1) is 0 Å². The summed E-state index contributed by atoms with van der Waals surface area (Å²) < 4.78 is 16.6. The van der Waals surface area contributed by atoms with Gasteiger partial charge in [0, 0.05) is 24.6 Å². The molecule has 0 fully saturated rings. The van der Waals surface area contributed by atoms with E-state index in [2.05, 4.69) is 15.3 Å². The number of carbonyl (C=O) groups excluding carboxylic acids is 2. The van der Waals surface area contributed by atoms with Crippen LogP contribution in [0.2, 0.25) is 0 Å². The van der Waals surface area contributed by atoms with Gasteiger partial charge in [-0.15, -0.1) is 0 Å². The van der Waals surface area contributed by atoms with Gasteiger partial charge in [0.05, 0.1) is 27.5 Å². The van der Waals surface area contributed by atoms with E-state index >= 15 is 0 Å². The molecule has 0 spiro atoms. The maximum absolute atomic E-state index is 14.0. The highest BCUT2D eigenvalue weighted by molar-refractivity contribution is 6.09. The van der Waals surface area contributed by atoms with Crippen LogP contribution in [0.15, 0.2) is 91.4 Å². The third-order valence-corrected chi connectivity index (χ3v) is 5.85. The molecule has 0 aliphatic carbocycles. The molecule has 0 bridgehead atoms. The van der Waals surface area contributed by atoms with Gasteiger partial charge in [0.25, 0.3) is 5.91 Å². The lowest BCUT2D eigenvalue weighted by Crippen LogP contribution is -2.44. The number of carbonyl (C=O) groups is 2. The van der Waals surface area contributed by atoms with Crippen molar-refractivity contribution < 1.29 is 23.8 Å². The lowest BCUT2D eigenvalue weighted by atomic mass is 10.0. The van der Waals surface area contributed by atoms with Crippen molar-refractivity contribution in [2.24, 2.45) is 0 Å². The van der Waals surface area contributed by atoms with Gasteiger partial charge < -0.3 is 19.5 Å². The van der Waals surface area contributed by atoms with E-state index < -0.39 is 17.9 Å². The predicted octanol–water partition coefficient (Wildman–Crippen LogP) is 4.21. The largest absolute Gasteiger partial charge is 0.493 e. The van der Waals surface area contributed by atoms with Crippen molar-refractivity contribution in [3.63, 3.8) is 0 Å². The molecule has 1 aromatic heterocycles. The molecular formula is C29H28N4O5. The predicted molar refractivity (Wildman–Crippen MR) is 142 cm³/mol. The Kier molecular flexibility index (Phi) is 8.50. The first-order valence-corrected chi connectivity index (χ1v) is 11.8. The molecule has 2 amide bonds. The Morgan fingerprint density at radius 3 is 2.05 bits per heavy atom.